The van der Waals surface area contributed by atoms with Crippen LogP contribution < -0.4 is 4.90 Å². The molecule has 5 nitrogen and oxygen atoms in total. The number of halogens is 2. The van der Waals surface area contributed by atoms with E-state index in [2.05, 4.69) is 46.4 Å². The van der Waals surface area contributed by atoms with Crippen molar-refractivity contribution in [2.75, 3.05) is 18.0 Å². The zero-order valence-corrected chi connectivity index (χ0v) is 28.1. The highest BCUT2D eigenvalue weighted by atomic mass is 35.5. The fourth-order valence-electron chi connectivity index (χ4n) is 3.11. The van der Waals surface area contributed by atoms with Gasteiger partial charge in [0.2, 0.25) is 0 Å². The molecule has 2 unspecified atom stereocenters. The zero-order chi connectivity index (χ0) is 30.5. The van der Waals surface area contributed by atoms with Crippen LogP contribution in [0.3, 0.4) is 0 Å². The van der Waals surface area contributed by atoms with Crippen molar-refractivity contribution in [1.29, 1.82) is 0 Å². The molecule has 0 spiro atoms. The number of carboxylic acid groups (broad SMARTS) is 1. The number of hydrogen-bond acceptors (Lipinski definition) is 5. The predicted molar refractivity (Wildman–Crippen MR) is 173 cm³/mol. The predicted octanol–water partition coefficient (Wildman–Crippen LogP) is 10.3. The molecule has 2 aromatic rings. The second-order valence-electron chi connectivity index (χ2n) is 9.72. The minimum absolute atomic E-state index is 0.446. The first kappa shape index (κ1) is 39.5. The summed E-state index contributed by atoms with van der Waals surface area (Å²) in [6.07, 6.45) is 6.40. The number of aromatic nitrogens is 1. The highest BCUT2D eigenvalue weighted by Gasteiger charge is 2.23. The van der Waals surface area contributed by atoms with Crippen molar-refractivity contribution in [3.05, 3.63) is 33.1 Å². The molecule has 0 aliphatic rings. The smallest absolute Gasteiger partial charge is 0.308 e. The standard InChI is InChI=1S/C23H32Cl2N2O2S.C4H10.C2H4O.C2H6/c1-6-15(4)9-10-27(13-16(5)22(28)29)23-26-21(20(30-23)11-14(2)3)17-7-8-18(24)19(25)12-17;1-3-4-2;1-2-3;1-2/h7-8,12,14-16H,6,9-11,13H2,1-5H3,(H,28,29);3-4H2,1-2H3;2H,1H3;1-2H3. The molecule has 0 aliphatic carbocycles. The van der Waals surface area contributed by atoms with Gasteiger partial charge in [-0.25, -0.2) is 4.98 Å². The van der Waals surface area contributed by atoms with Gasteiger partial charge in [0.15, 0.2) is 5.13 Å². The number of aliphatic carboxylic acids is 1. The van der Waals surface area contributed by atoms with Crippen molar-refractivity contribution in [1.82, 2.24) is 4.98 Å². The number of aldehydes is 1. The van der Waals surface area contributed by atoms with Gasteiger partial charge in [-0.15, -0.1) is 11.3 Å². The Bertz CT molecular complexity index is 933. The molecule has 2 atom stereocenters. The van der Waals surface area contributed by atoms with E-state index in [-0.39, 0.29) is 0 Å². The second kappa shape index (κ2) is 23.1. The quantitative estimate of drug-likeness (QED) is 0.244. The number of carbonyl (C=O) groups excluding carboxylic acids is 1. The van der Waals surface area contributed by atoms with Crippen LogP contribution in [0.2, 0.25) is 10.0 Å². The number of nitrogens with zero attached hydrogens (tertiary/aromatic N) is 2. The number of carbonyl (C=O) groups is 2. The molecule has 0 fully saturated rings. The summed E-state index contributed by atoms with van der Waals surface area (Å²) in [6, 6.07) is 5.60. The molecule has 0 saturated carbocycles. The minimum atomic E-state index is -0.785. The van der Waals surface area contributed by atoms with E-state index < -0.39 is 11.9 Å². The van der Waals surface area contributed by atoms with E-state index in [9.17, 15) is 9.90 Å². The number of unbranched alkanes of at least 4 members (excludes halogenated alkanes) is 1. The Balaban J connectivity index is 0. The molecule has 39 heavy (non-hydrogen) atoms. The molecule has 0 bridgehead atoms. The summed E-state index contributed by atoms with van der Waals surface area (Å²) in [6.45, 7) is 21.6. The van der Waals surface area contributed by atoms with Crippen molar-refractivity contribution < 1.29 is 14.7 Å². The fourth-order valence-corrected chi connectivity index (χ4v) is 4.73. The first-order chi connectivity index (χ1) is 18.4. The van der Waals surface area contributed by atoms with Gasteiger partial charge < -0.3 is 14.8 Å². The number of rotatable bonds is 12. The van der Waals surface area contributed by atoms with Crippen molar-refractivity contribution in [2.24, 2.45) is 17.8 Å². The number of anilines is 1. The van der Waals surface area contributed by atoms with E-state index in [0.29, 0.717) is 28.4 Å². The van der Waals surface area contributed by atoms with E-state index in [0.717, 1.165) is 48.5 Å². The Labute approximate surface area is 252 Å². The summed E-state index contributed by atoms with van der Waals surface area (Å²) in [5.41, 5.74) is 1.86. The van der Waals surface area contributed by atoms with Crippen LogP contribution in [0.1, 0.15) is 99.8 Å². The first-order valence-electron chi connectivity index (χ1n) is 14.3. The summed E-state index contributed by atoms with van der Waals surface area (Å²) in [5, 5.41) is 11.3. The van der Waals surface area contributed by atoms with Crippen LogP contribution in [0.5, 0.6) is 0 Å². The van der Waals surface area contributed by atoms with E-state index in [1.165, 1.54) is 24.6 Å². The van der Waals surface area contributed by atoms with E-state index in [1.54, 1.807) is 24.3 Å². The molecule has 224 valence electrons. The van der Waals surface area contributed by atoms with Crippen molar-refractivity contribution in [2.45, 2.75) is 101 Å². The molecule has 1 heterocycles. The fraction of sp³-hybridized carbons (Fsp3) is 0.645. The third kappa shape index (κ3) is 16.3. The summed E-state index contributed by atoms with van der Waals surface area (Å²) >= 11 is 14.0. The van der Waals surface area contributed by atoms with Crippen molar-refractivity contribution >= 4 is 51.9 Å². The van der Waals surface area contributed by atoms with Gasteiger partial charge in [-0.1, -0.05) is 111 Å². The molecular formula is C31H52Cl2N2O3S. The monoisotopic (exact) mass is 602 g/mol. The number of carboxylic acids is 1. The maximum absolute atomic E-state index is 11.5. The normalized spacial score (nSPS) is 11.6. The van der Waals surface area contributed by atoms with Crippen LogP contribution in [-0.4, -0.2) is 35.4 Å². The number of thiazole rings is 1. The molecule has 2 rings (SSSR count). The van der Waals surface area contributed by atoms with Crippen LogP contribution in [0.25, 0.3) is 11.3 Å². The van der Waals surface area contributed by atoms with Crippen LogP contribution in [0, 0.1) is 17.8 Å². The van der Waals surface area contributed by atoms with Crippen LogP contribution in [0.4, 0.5) is 5.13 Å². The van der Waals surface area contributed by atoms with Gasteiger partial charge in [0.25, 0.3) is 0 Å². The van der Waals surface area contributed by atoms with Crippen molar-refractivity contribution in [3.8, 4) is 11.3 Å². The SMILES string of the molecule is CC.CC=O.CCC(C)CCN(CC(C)C(=O)O)c1nc(-c2ccc(Cl)c(Cl)c2)c(CC(C)C)s1.CCCC. The molecule has 1 aromatic carbocycles. The van der Waals surface area contributed by atoms with Crippen molar-refractivity contribution in [3.63, 3.8) is 0 Å². The van der Waals surface area contributed by atoms with Gasteiger partial charge in [-0.3, -0.25) is 4.79 Å². The summed E-state index contributed by atoms with van der Waals surface area (Å²) in [4.78, 5) is 28.6. The lowest BCUT2D eigenvalue weighted by Crippen LogP contribution is -2.33. The molecule has 0 saturated heterocycles. The number of hydrogen-bond donors (Lipinski definition) is 1. The Hall–Kier alpha value is -1.63. The van der Waals surface area contributed by atoms with Gasteiger partial charge in [0.05, 0.1) is 21.7 Å². The highest BCUT2D eigenvalue weighted by Crippen LogP contribution is 2.37. The maximum Gasteiger partial charge on any atom is 0.308 e. The summed E-state index contributed by atoms with van der Waals surface area (Å²) < 4.78 is 0. The van der Waals surface area contributed by atoms with Crippen LogP contribution >= 0.6 is 34.5 Å². The highest BCUT2D eigenvalue weighted by molar-refractivity contribution is 7.16. The Morgan fingerprint density at radius 2 is 1.64 bits per heavy atom. The largest absolute Gasteiger partial charge is 0.481 e. The third-order valence-corrected chi connectivity index (χ3v) is 7.63. The minimum Gasteiger partial charge on any atom is -0.481 e. The third-order valence-electron chi connectivity index (χ3n) is 5.75. The Morgan fingerprint density at radius 3 is 2.08 bits per heavy atom. The summed E-state index contributed by atoms with van der Waals surface area (Å²) in [5.74, 6) is -0.191. The van der Waals surface area contributed by atoms with Crippen LogP contribution in [0.15, 0.2) is 18.2 Å². The maximum atomic E-state index is 11.5. The zero-order valence-electron chi connectivity index (χ0n) is 25.8. The van der Waals surface area contributed by atoms with E-state index in [1.807, 2.05) is 26.0 Å². The Morgan fingerprint density at radius 1 is 1.08 bits per heavy atom. The molecule has 8 heteroatoms. The average Bonchev–Trinajstić information content (AvgIpc) is 3.32. The molecule has 1 N–H and O–H groups in total. The van der Waals surface area contributed by atoms with Gasteiger partial charge in [0, 0.05) is 23.5 Å². The molecule has 0 radical (unpaired) electrons. The Kier molecular flexibility index (Phi) is 23.4. The number of benzene rings is 1. The second-order valence-corrected chi connectivity index (χ2v) is 11.6. The molecular weight excluding hydrogens is 551 g/mol. The van der Waals surface area contributed by atoms with Gasteiger partial charge in [-0.05, 0) is 43.7 Å². The topological polar surface area (TPSA) is 70.5 Å². The molecule has 0 amide bonds. The summed E-state index contributed by atoms with van der Waals surface area (Å²) in [7, 11) is 0. The van der Waals surface area contributed by atoms with Gasteiger partial charge >= 0.3 is 5.97 Å². The average molecular weight is 604 g/mol. The van der Waals surface area contributed by atoms with Gasteiger partial charge in [-0.2, -0.15) is 0 Å². The van der Waals surface area contributed by atoms with Gasteiger partial charge in [0.1, 0.15) is 6.29 Å². The lowest BCUT2D eigenvalue weighted by molar-refractivity contribution is -0.140. The van der Waals surface area contributed by atoms with E-state index in [4.69, 9.17) is 33.0 Å². The first-order valence-corrected chi connectivity index (χ1v) is 15.8. The van der Waals surface area contributed by atoms with E-state index >= 15 is 0 Å². The lowest BCUT2D eigenvalue weighted by Gasteiger charge is -2.25. The molecule has 1 aromatic heterocycles. The molecule has 0 aliphatic heterocycles. The van der Waals surface area contributed by atoms with Crippen LogP contribution in [-0.2, 0) is 16.0 Å². The lowest BCUT2D eigenvalue weighted by atomic mass is 10.0.